The summed E-state index contributed by atoms with van der Waals surface area (Å²) < 4.78 is 15.9. The molecule has 0 N–H and O–H groups in total. The fourth-order valence-corrected chi connectivity index (χ4v) is 11.0. The molecule has 0 fully saturated rings. The van der Waals surface area contributed by atoms with E-state index in [1.807, 2.05) is 30.3 Å². The predicted octanol–water partition coefficient (Wildman–Crippen LogP) is 7.90. The summed E-state index contributed by atoms with van der Waals surface area (Å²) in [5.41, 5.74) is 7.03. The second-order valence-electron chi connectivity index (χ2n) is 11.1. The molecule has 0 saturated carbocycles. The number of benzene rings is 6. The normalized spacial score (nSPS) is 21.6. The van der Waals surface area contributed by atoms with Gasteiger partial charge in [0.2, 0.25) is 0 Å². The highest BCUT2D eigenvalue weighted by molar-refractivity contribution is 7.85. The molecule has 0 spiro atoms. The SMILES string of the molecule is O=P1(c2ccccc2)c2ccccc2C2c3ccccc3C(c3ccccc3)(c3ccccc3)C2c2ccccc21. The Morgan fingerprint density at radius 1 is 0.439 bits per heavy atom. The smallest absolute Gasteiger partial charge is 0.171 e. The molecule has 0 aromatic heterocycles. The van der Waals surface area contributed by atoms with E-state index in [2.05, 4.69) is 133 Å². The highest BCUT2D eigenvalue weighted by Crippen LogP contribution is 2.66. The fraction of sp³-hybridized carbons (Fsp3) is 0.0769. The first-order chi connectivity index (χ1) is 20.3. The Labute approximate surface area is 241 Å². The van der Waals surface area contributed by atoms with Crippen LogP contribution in [0, 0.1) is 0 Å². The molecule has 41 heavy (non-hydrogen) atoms. The zero-order chi connectivity index (χ0) is 27.4. The third-order valence-corrected chi connectivity index (χ3v) is 12.5. The molecule has 8 rings (SSSR count). The van der Waals surface area contributed by atoms with E-state index in [4.69, 9.17) is 0 Å². The summed E-state index contributed by atoms with van der Waals surface area (Å²) in [7, 11) is -3.19. The lowest BCUT2D eigenvalue weighted by molar-refractivity contribution is 0.489. The summed E-state index contributed by atoms with van der Waals surface area (Å²) in [5, 5.41) is 2.80. The van der Waals surface area contributed by atoms with Gasteiger partial charge in [-0.1, -0.05) is 164 Å². The van der Waals surface area contributed by atoms with Gasteiger partial charge in [0.1, 0.15) is 0 Å². The lowest BCUT2D eigenvalue weighted by Gasteiger charge is -2.40. The van der Waals surface area contributed by atoms with Gasteiger partial charge in [0.25, 0.3) is 0 Å². The Hall–Kier alpha value is -4.45. The van der Waals surface area contributed by atoms with Gasteiger partial charge >= 0.3 is 0 Å². The van der Waals surface area contributed by atoms with E-state index < -0.39 is 12.6 Å². The van der Waals surface area contributed by atoms with Gasteiger partial charge in [0, 0.05) is 27.7 Å². The molecule has 6 aromatic carbocycles. The molecule has 2 heteroatoms. The van der Waals surface area contributed by atoms with Crippen LogP contribution in [-0.2, 0) is 9.98 Å². The monoisotopic (exact) mass is 544 g/mol. The molecule has 0 bridgehead atoms. The first-order valence-electron chi connectivity index (χ1n) is 14.3. The minimum absolute atomic E-state index is 0.00147. The molecule has 0 amide bonds. The Morgan fingerprint density at radius 3 is 1.49 bits per heavy atom. The van der Waals surface area contributed by atoms with E-state index in [0.29, 0.717) is 0 Å². The highest BCUT2D eigenvalue weighted by Gasteiger charge is 2.58. The number of hydrogen-bond donors (Lipinski definition) is 0. The van der Waals surface area contributed by atoms with Crippen molar-refractivity contribution in [3.05, 3.63) is 197 Å². The quantitative estimate of drug-likeness (QED) is 0.207. The summed E-state index contributed by atoms with van der Waals surface area (Å²) >= 11 is 0. The van der Waals surface area contributed by atoms with E-state index >= 15 is 4.57 Å². The van der Waals surface area contributed by atoms with Gasteiger partial charge in [-0.2, -0.15) is 0 Å². The van der Waals surface area contributed by atoms with Crippen LogP contribution in [0.3, 0.4) is 0 Å². The second kappa shape index (κ2) is 9.30. The average Bonchev–Trinajstić information content (AvgIpc) is 3.32. The lowest BCUT2D eigenvalue weighted by Crippen LogP contribution is -2.36. The summed E-state index contributed by atoms with van der Waals surface area (Å²) in [6.07, 6.45) is 0. The second-order valence-corrected chi connectivity index (χ2v) is 13.8. The Morgan fingerprint density at radius 2 is 0.878 bits per heavy atom. The summed E-state index contributed by atoms with van der Waals surface area (Å²) in [4.78, 5) is 0. The Balaban J connectivity index is 1.59. The first kappa shape index (κ1) is 24.4. The van der Waals surface area contributed by atoms with E-state index in [1.54, 1.807) is 0 Å². The van der Waals surface area contributed by atoms with Crippen LogP contribution < -0.4 is 15.9 Å². The zero-order valence-electron chi connectivity index (χ0n) is 22.6. The van der Waals surface area contributed by atoms with Crippen molar-refractivity contribution in [3.8, 4) is 0 Å². The van der Waals surface area contributed by atoms with Gasteiger partial charge in [-0.05, 0) is 33.4 Å². The summed E-state index contributed by atoms with van der Waals surface area (Å²) in [6, 6.07) is 58.1. The van der Waals surface area contributed by atoms with Gasteiger partial charge in [-0.15, -0.1) is 0 Å². The van der Waals surface area contributed by atoms with Crippen LogP contribution in [0.25, 0.3) is 0 Å². The number of hydrogen-bond acceptors (Lipinski definition) is 1. The third-order valence-electron chi connectivity index (χ3n) is 9.32. The molecule has 3 atom stereocenters. The van der Waals surface area contributed by atoms with Crippen LogP contribution in [0.5, 0.6) is 0 Å². The Kier molecular flexibility index (Phi) is 5.52. The standard InChI is InChI=1S/C39H29OP/c40-41(30-20-8-3-9-21-30)35-26-14-11-23-32(35)37-31-22-10-13-25-34(31)39(28-16-4-1-5-17-28,29-18-6-2-7-19-29)38(37)33-24-12-15-27-36(33)41/h1-27,37-38H. The molecule has 2 aliphatic rings. The maximum absolute atomic E-state index is 15.9. The first-order valence-corrected chi connectivity index (χ1v) is 16.0. The Bertz CT molecular complexity index is 1890. The largest absolute Gasteiger partial charge is 0.309 e. The van der Waals surface area contributed by atoms with Crippen LogP contribution in [-0.4, -0.2) is 0 Å². The van der Waals surface area contributed by atoms with Gasteiger partial charge in [-0.25, -0.2) is 0 Å². The maximum atomic E-state index is 15.9. The van der Waals surface area contributed by atoms with Crippen LogP contribution >= 0.6 is 7.14 Å². The van der Waals surface area contributed by atoms with Gasteiger partial charge in [-0.3, -0.25) is 0 Å². The minimum atomic E-state index is -3.19. The van der Waals surface area contributed by atoms with E-state index in [-0.39, 0.29) is 11.8 Å². The molecule has 1 aliphatic carbocycles. The molecule has 1 nitrogen and oxygen atoms in total. The van der Waals surface area contributed by atoms with Crippen LogP contribution in [0.1, 0.15) is 45.2 Å². The third kappa shape index (κ3) is 3.27. The van der Waals surface area contributed by atoms with Crippen molar-refractivity contribution in [2.45, 2.75) is 17.3 Å². The molecule has 1 aliphatic heterocycles. The van der Waals surface area contributed by atoms with E-state index in [1.165, 1.54) is 33.4 Å². The molecule has 196 valence electrons. The van der Waals surface area contributed by atoms with Crippen molar-refractivity contribution in [3.63, 3.8) is 0 Å². The van der Waals surface area contributed by atoms with Gasteiger partial charge in [0.05, 0.1) is 5.41 Å². The van der Waals surface area contributed by atoms with Crippen molar-refractivity contribution in [1.29, 1.82) is 0 Å². The predicted molar refractivity (Wildman–Crippen MR) is 170 cm³/mol. The summed E-state index contributed by atoms with van der Waals surface area (Å²) in [6.45, 7) is 0. The minimum Gasteiger partial charge on any atom is -0.309 e. The summed E-state index contributed by atoms with van der Waals surface area (Å²) in [5.74, 6) is 0.0325. The van der Waals surface area contributed by atoms with E-state index in [0.717, 1.165) is 15.9 Å². The van der Waals surface area contributed by atoms with Crippen LogP contribution in [0.4, 0.5) is 0 Å². The average molecular weight is 545 g/mol. The van der Waals surface area contributed by atoms with Crippen LogP contribution in [0.2, 0.25) is 0 Å². The number of fused-ring (bicyclic) bond motifs is 7. The van der Waals surface area contributed by atoms with Crippen molar-refractivity contribution in [1.82, 2.24) is 0 Å². The highest BCUT2D eigenvalue weighted by atomic mass is 31.2. The van der Waals surface area contributed by atoms with Crippen LogP contribution in [0.15, 0.2) is 164 Å². The van der Waals surface area contributed by atoms with Crippen molar-refractivity contribution in [2.75, 3.05) is 0 Å². The van der Waals surface area contributed by atoms with Crippen molar-refractivity contribution < 1.29 is 4.57 Å². The van der Waals surface area contributed by atoms with E-state index in [9.17, 15) is 0 Å². The molecule has 0 saturated heterocycles. The molecule has 0 radical (unpaired) electrons. The maximum Gasteiger partial charge on any atom is 0.171 e. The van der Waals surface area contributed by atoms with Gasteiger partial charge < -0.3 is 4.57 Å². The lowest BCUT2D eigenvalue weighted by atomic mass is 9.61. The molecular weight excluding hydrogens is 515 g/mol. The fourth-order valence-electron chi connectivity index (χ4n) is 7.84. The molecule has 3 unspecified atom stereocenters. The molecular formula is C39H29OP. The molecule has 6 aromatic rings. The topological polar surface area (TPSA) is 17.1 Å². The molecule has 1 heterocycles. The zero-order valence-corrected chi connectivity index (χ0v) is 23.5. The van der Waals surface area contributed by atoms with Crippen molar-refractivity contribution >= 4 is 23.1 Å². The number of rotatable bonds is 3. The van der Waals surface area contributed by atoms with Gasteiger partial charge in [0.15, 0.2) is 7.14 Å². The van der Waals surface area contributed by atoms with Crippen molar-refractivity contribution in [2.24, 2.45) is 0 Å².